The Labute approximate surface area is 159 Å². The molecule has 1 aromatic carbocycles. The van der Waals surface area contributed by atoms with Crippen molar-refractivity contribution in [2.75, 3.05) is 13.1 Å². The Morgan fingerprint density at radius 3 is 2.81 bits per heavy atom. The predicted octanol–water partition coefficient (Wildman–Crippen LogP) is 2.04. The Morgan fingerprint density at radius 1 is 1.30 bits per heavy atom. The van der Waals surface area contributed by atoms with Crippen LogP contribution in [0, 0.1) is 5.82 Å². The molecule has 2 heterocycles. The van der Waals surface area contributed by atoms with Crippen LogP contribution in [0.4, 0.5) is 4.39 Å². The summed E-state index contributed by atoms with van der Waals surface area (Å²) in [5.41, 5.74) is 3.71. The van der Waals surface area contributed by atoms with Gasteiger partial charge in [-0.25, -0.2) is 9.87 Å². The molecule has 2 atom stereocenters. The SMILES string of the molecule is O=C(NO)c1cc2c(s1)CCN(C(=O)CN[C@@H]1C[C@@H]1c1ccc(F)cc1)C2. The van der Waals surface area contributed by atoms with Gasteiger partial charge in [-0.2, -0.15) is 0 Å². The van der Waals surface area contributed by atoms with Crippen molar-refractivity contribution >= 4 is 23.2 Å². The monoisotopic (exact) mass is 389 g/mol. The van der Waals surface area contributed by atoms with E-state index in [0.717, 1.165) is 22.4 Å². The van der Waals surface area contributed by atoms with Gasteiger partial charge in [0.25, 0.3) is 5.91 Å². The summed E-state index contributed by atoms with van der Waals surface area (Å²) in [7, 11) is 0. The van der Waals surface area contributed by atoms with Crippen LogP contribution in [-0.4, -0.2) is 41.1 Å². The smallest absolute Gasteiger partial charge is 0.284 e. The maximum absolute atomic E-state index is 13.0. The number of hydrogen-bond donors (Lipinski definition) is 3. The molecule has 0 bridgehead atoms. The van der Waals surface area contributed by atoms with E-state index in [1.54, 1.807) is 28.6 Å². The van der Waals surface area contributed by atoms with Crippen molar-refractivity contribution in [2.45, 2.75) is 31.3 Å². The minimum Gasteiger partial charge on any atom is -0.337 e. The number of rotatable bonds is 5. The number of amides is 2. The van der Waals surface area contributed by atoms with Crippen LogP contribution in [0.1, 0.15) is 38.0 Å². The second-order valence-electron chi connectivity index (χ2n) is 6.95. The highest BCUT2D eigenvalue weighted by molar-refractivity contribution is 7.14. The number of nitrogens with one attached hydrogen (secondary N) is 2. The molecule has 1 aliphatic carbocycles. The second-order valence-corrected chi connectivity index (χ2v) is 8.08. The van der Waals surface area contributed by atoms with Gasteiger partial charge in [0, 0.05) is 29.9 Å². The van der Waals surface area contributed by atoms with Gasteiger partial charge in [0.15, 0.2) is 0 Å². The lowest BCUT2D eigenvalue weighted by Gasteiger charge is -2.27. The molecule has 1 aromatic heterocycles. The molecule has 8 heteroatoms. The summed E-state index contributed by atoms with van der Waals surface area (Å²) in [5.74, 6) is -0.390. The number of thiophene rings is 1. The van der Waals surface area contributed by atoms with Crippen LogP contribution < -0.4 is 10.8 Å². The van der Waals surface area contributed by atoms with Crippen molar-refractivity contribution < 1.29 is 19.2 Å². The van der Waals surface area contributed by atoms with Gasteiger partial charge in [-0.05, 0) is 42.2 Å². The third kappa shape index (κ3) is 3.87. The molecule has 1 aliphatic heterocycles. The fourth-order valence-electron chi connectivity index (χ4n) is 3.54. The zero-order chi connectivity index (χ0) is 19.0. The molecule has 1 fully saturated rings. The van der Waals surface area contributed by atoms with Gasteiger partial charge in [0.05, 0.1) is 11.4 Å². The Morgan fingerprint density at radius 2 is 2.07 bits per heavy atom. The van der Waals surface area contributed by atoms with E-state index in [4.69, 9.17) is 5.21 Å². The van der Waals surface area contributed by atoms with E-state index < -0.39 is 5.91 Å². The van der Waals surface area contributed by atoms with Gasteiger partial charge in [-0.15, -0.1) is 11.3 Å². The van der Waals surface area contributed by atoms with Gasteiger partial charge >= 0.3 is 0 Å². The van der Waals surface area contributed by atoms with Crippen LogP contribution in [0.2, 0.25) is 0 Å². The normalized spacial score (nSPS) is 20.9. The highest BCUT2D eigenvalue weighted by atomic mass is 32.1. The van der Waals surface area contributed by atoms with Crippen molar-refractivity contribution in [3.05, 3.63) is 57.0 Å². The molecule has 2 amide bonds. The zero-order valence-electron chi connectivity index (χ0n) is 14.6. The van der Waals surface area contributed by atoms with Gasteiger partial charge in [0.1, 0.15) is 5.82 Å². The molecule has 2 aromatic rings. The number of carbonyl (C=O) groups is 2. The lowest BCUT2D eigenvalue weighted by molar-refractivity contribution is -0.131. The first-order chi connectivity index (χ1) is 13.0. The van der Waals surface area contributed by atoms with E-state index in [9.17, 15) is 14.0 Å². The molecule has 0 saturated heterocycles. The molecular weight excluding hydrogens is 369 g/mol. The Bertz CT molecular complexity index is 868. The number of carbonyl (C=O) groups excluding carboxylic acids is 2. The number of nitrogens with zero attached hydrogens (tertiary/aromatic N) is 1. The highest BCUT2D eigenvalue weighted by Gasteiger charge is 2.38. The first-order valence-corrected chi connectivity index (χ1v) is 9.69. The maximum atomic E-state index is 13.0. The number of hydroxylamine groups is 1. The molecule has 0 radical (unpaired) electrons. The van der Waals surface area contributed by atoms with Crippen molar-refractivity contribution in [1.82, 2.24) is 15.7 Å². The third-order valence-corrected chi connectivity index (χ3v) is 6.38. The first kappa shape index (κ1) is 18.1. The average Bonchev–Trinajstić information content (AvgIpc) is 3.33. The number of halogens is 1. The van der Waals surface area contributed by atoms with E-state index in [1.807, 2.05) is 0 Å². The van der Waals surface area contributed by atoms with Crippen LogP contribution in [0.25, 0.3) is 0 Å². The summed E-state index contributed by atoms with van der Waals surface area (Å²) < 4.78 is 13.0. The summed E-state index contributed by atoms with van der Waals surface area (Å²) in [6, 6.07) is 8.52. The molecule has 0 spiro atoms. The lowest BCUT2D eigenvalue weighted by Crippen LogP contribution is -2.41. The predicted molar refractivity (Wildman–Crippen MR) is 98.2 cm³/mol. The van der Waals surface area contributed by atoms with E-state index in [1.165, 1.54) is 23.5 Å². The molecule has 142 valence electrons. The minimum absolute atomic E-state index is 0.0322. The first-order valence-electron chi connectivity index (χ1n) is 8.88. The lowest BCUT2D eigenvalue weighted by atomic mass is 10.1. The Balaban J connectivity index is 1.29. The maximum Gasteiger partial charge on any atom is 0.284 e. The number of fused-ring (bicyclic) bond motifs is 1. The quantitative estimate of drug-likeness (QED) is 0.540. The van der Waals surface area contributed by atoms with Crippen LogP contribution in [-0.2, 0) is 17.8 Å². The topological polar surface area (TPSA) is 81.7 Å². The molecule has 3 N–H and O–H groups in total. The summed E-state index contributed by atoms with van der Waals surface area (Å²) in [6.45, 7) is 1.38. The molecule has 27 heavy (non-hydrogen) atoms. The Kier molecular flexibility index (Phi) is 4.94. The van der Waals surface area contributed by atoms with Crippen LogP contribution in [0.15, 0.2) is 30.3 Å². The summed E-state index contributed by atoms with van der Waals surface area (Å²) in [6.07, 6.45) is 1.67. The molecule has 1 saturated carbocycles. The van der Waals surface area contributed by atoms with E-state index >= 15 is 0 Å². The Hall–Kier alpha value is -2.29. The van der Waals surface area contributed by atoms with Crippen molar-refractivity contribution in [1.29, 1.82) is 0 Å². The van der Waals surface area contributed by atoms with Gasteiger partial charge in [0.2, 0.25) is 5.91 Å². The van der Waals surface area contributed by atoms with Crippen LogP contribution >= 0.6 is 11.3 Å². The second kappa shape index (κ2) is 7.38. The minimum atomic E-state index is -0.519. The molecule has 6 nitrogen and oxygen atoms in total. The third-order valence-electron chi connectivity index (χ3n) is 5.15. The van der Waals surface area contributed by atoms with Gasteiger partial charge in [-0.1, -0.05) is 12.1 Å². The average molecular weight is 389 g/mol. The summed E-state index contributed by atoms with van der Waals surface area (Å²) >= 11 is 1.36. The molecule has 2 aliphatic rings. The van der Waals surface area contributed by atoms with Gasteiger partial charge in [-0.3, -0.25) is 14.8 Å². The zero-order valence-corrected chi connectivity index (χ0v) is 15.4. The van der Waals surface area contributed by atoms with Gasteiger partial charge < -0.3 is 10.2 Å². The summed E-state index contributed by atoms with van der Waals surface area (Å²) in [4.78, 5) is 27.4. The standard InChI is InChI=1S/C19H20FN3O3S/c20-13-3-1-11(2-4-13)14-8-15(14)21-9-18(24)23-6-5-16-12(10-23)7-17(27-16)19(25)22-26/h1-4,7,14-15,21,26H,5-6,8-10H2,(H,22,25)/t14-,15-/m1/s1. The fraction of sp³-hybridized carbons (Fsp3) is 0.368. The van der Waals surface area contributed by atoms with E-state index in [-0.39, 0.29) is 24.3 Å². The van der Waals surface area contributed by atoms with Crippen LogP contribution in [0.3, 0.4) is 0 Å². The number of benzene rings is 1. The molecule has 4 rings (SSSR count). The highest BCUT2D eigenvalue weighted by Crippen LogP contribution is 2.40. The summed E-state index contributed by atoms with van der Waals surface area (Å²) in [5, 5.41) is 12.0. The van der Waals surface area contributed by atoms with Crippen LogP contribution in [0.5, 0.6) is 0 Å². The largest absolute Gasteiger partial charge is 0.337 e. The van der Waals surface area contributed by atoms with Crippen molar-refractivity contribution in [3.8, 4) is 0 Å². The number of hydrogen-bond acceptors (Lipinski definition) is 5. The van der Waals surface area contributed by atoms with E-state index in [0.29, 0.717) is 30.3 Å². The molecule has 0 unspecified atom stereocenters. The molecular formula is C19H20FN3O3S. The fourth-order valence-corrected chi connectivity index (χ4v) is 4.60. The van der Waals surface area contributed by atoms with E-state index in [2.05, 4.69) is 5.32 Å². The van der Waals surface area contributed by atoms with Crippen molar-refractivity contribution in [3.63, 3.8) is 0 Å². The van der Waals surface area contributed by atoms with Crippen molar-refractivity contribution in [2.24, 2.45) is 0 Å².